The summed E-state index contributed by atoms with van der Waals surface area (Å²) in [6.07, 6.45) is 0.750. The van der Waals surface area contributed by atoms with Gasteiger partial charge in [0.25, 0.3) is 0 Å². The second kappa shape index (κ2) is 5.02. The molecule has 0 bridgehead atoms. The van der Waals surface area contributed by atoms with E-state index in [-0.39, 0.29) is 18.4 Å². The standard InChI is InChI=1S/C15H15N3O2/c16-12-7-8-14(19)18(15(12)20)9-11-6-5-10-3-1-2-4-13(10)17-11/h1-6,12H,7-9,16H2. The maximum atomic E-state index is 12.0. The molecule has 1 aliphatic heterocycles. The Hall–Kier alpha value is -2.27. The van der Waals surface area contributed by atoms with Crippen LogP contribution in [0.2, 0.25) is 0 Å². The number of fused-ring (bicyclic) bond motifs is 1. The lowest BCUT2D eigenvalue weighted by atomic mass is 10.0. The Balaban J connectivity index is 1.88. The van der Waals surface area contributed by atoms with Crippen molar-refractivity contribution >= 4 is 22.7 Å². The van der Waals surface area contributed by atoms with Gasteiger partial charge in [0, 0.05) is 11.8 Å². The van der Waals surface area contributed by atoms with E-state index in [9.17, 15) is 9.59 Å². The van der Waals surface area contributed by atoms with Gasteiger partial charge in [-0.2, -0.15) is 0 Å². The molecular weight excluding hydrogens is 254 g/mol. The van der Waals surface area contributed by atoms with Crippen LogP contribution in [0.3, 0.4) is 0 Å². The molecule has 1 aromatic carbocycles. The topological polar surface area (TPSA) is 76.3 Å². The van der Waals surface area contributed by atoms with Crippen LogP contribution in [0, 0.1) is 0 Å². The van der Waals surface area contributed by atoms with Gasteiger partial charge >= 0.3 is 0 Å². The lowest BCUT2D eigenvalue weighted by Crippen LogP contribution is -2.50. The van der Waals surface area contributed by atoms with E-state index in [2.05, 4.69) is 4.98 Å². The van der Waals surface area contributed by atoms with Crippen LogP contribution in [0.1, 0.15) is 18.5 Å². The number of nitrogens with two attached hydrogens (primary N) is 1. The van der Waals surface area contributed by atoms with E-state index < -0.39 is 6.04 Å². The van der Waals surface area contributed by atoms with Gasteiger partial charge in [-0.3, -0.25) is 19.5 Å². The number of piperidine rings is 1. The van der Waals surface area contributed by atoms with Crippen LogP contribution in [0.15, 0.2) is 36.4 Å². The fourth-order valence-electron chi connectivity index (χ4n) is 2.38. The summed E-state index contributed by atoms with van der Waals surface area (Å²) in [6.45, 7) is 0.191. The highest BCUT2D eigenvalue weighted by atomic mass is 16.2. The Labute approximate surface area is 116 Å². The Bertz CT molecular complexity index is 684. The molecule has 5 nitrogen and oxygen atoms in total. The number of pyridine rings is 1. The maximum absolute atomic E-state index is 12.0. The highest BCUT2D eigenvalue weighted by Crippen LogP contribution is 2.17. The number of amides is 2. The summed E-state index contributed by atoms with van der Waals surface area (Å²) in [4.78, 5) is 29.5. The molecule has 1 fully saturated rings. The molecule has 20 heavy (non-hydrogen) atoms. The van der Waals surface area contributed by atoms with Crippen LogP contribution in [-0.4, -0.2) is 27.7 Å². The van der Waals surface area contributed by atoms with Crippen molar-refractivity contribution in [3.05, 3.63) is 42.1 Å². The first kappa shape index (κ1) is 12.7. The number of nitrogens with zero attached hydrogens (tertiary/aromatic N) is 2. The van der Waals surface area contributed by atoms with Gasteiger partial charge in [0.1, 0.15) is 0 Å². The third kappa shape index (κ3) is 2.28. The summed E-state index contributed by atoms with van der Waals surface area (Å²) in [6, 6.07) is 10.9. The lowest BCUT2D eigenvalue weighted by Gasteiger charge is -2.28. The van der Waals surface area contributed by atoms with E-state index in [0.29, 0.717) is 18.5 Å². The van der Waals surface area contributed by atoms with Crippen molar-refractivity contribution < 1.29 is 9.59 Å². The average molecular weight is 269 g/mol. The summed E-state index contributed by atoms with van der Waals surface area (Å²) >= 11 is 0. The summed E-state index contributed by atoms with van der Waals surface area (Å²) in [5.74, 6) is -0.483. The van der Waals surface area contributed by atoms with Crippen molar-refractivity contribution in [1.29, 1.82) is 0 Å². The molecule has 0 radical (unpaired) electrons. The second-order valence-electron chi connectivity index (χ2n) is 4.96. The van der Waals surface area contributed by atoms with Crippen LogP contribution in [0.4, 0.5) is 0 Å². The minimum Gasteiger partial charge on any atom is -0.320 e. The molecule has 2 heterocycles. The van der Waals surface area contributed by atoms with Crippen molar-refractivity contribution in [2.75, 3.05) is 0 Å². The predicted molar refractivity (Wildman–Crippen MR) is 74.5 cm³/mol. The molecule has 0 saturated carbocycles. The quantitative estimate of drug-likeness (QED) is 0.831. The van der Waals surface area contributed by atoms with Gasteiger partial charge in [-0.25, -0.2) is 0 Å². The number of carbonyl (C=O) groups is 2. The molecule has 5 heteroatoms. The van der Waals surface area contributed by atoms with Crippen LogP contribution in [0.25, 0.3) is 10.9 Å². The largest absolute Gasteiger partial charge is 0.320 e. The van der Waals surface area contributed by atoms with Gasteiger partial charge in [0.15, 0.2) is 0 Å². The summed E-state index contributed by atoms with van der Waals surface area (Å²) in [5.41, 5.74) is 7.26. The maximum Gasteiger partial charge on any atom is 0.246 e. The monoisotopic (exact) mass is 269 g/mol. The van der Waals surface area contributed by atoms with Gasteiger partial charge in [-0.05, 0) is 18.6 Å². The third-order valence-electron chi connectivity index (χ3n) is 3.53. The SMILES string of the molecule is NC1CCC(=O)N(Cc2ccc3ccccc3n2)C1=O. The number of rotatable bonds is 2. The van der Waals surface area contributed by atoms with Gasteiger partial charge < -0.3 is 5.73 Å². The van der Waals surface area contributed by atoms with Crippen molar-refractivity contribution in [3.8, 4) is 0 Å². The Morgan fingerprint density at radius 2 is 2.00 bits per heavy atom. The predicted octanol–water partition coefficient (Wildman–Crippen LogP) is 1.21. The molecule has 1 unspecified atom stereocenters. The number of aromatic nitrogens is 1. The number of imide groups is 1. The van der Waals surface area contributed by atoms with Gasteiger partial charge in [0.2, 0.25) is 11.8 Å². The highest BCUT2D eigenvalue weighted by Gasteiger charge is 2.32. The van der Waals surface area contributed by atoms with Crippen molar-refractivity contribution in [2.45, 2.75) is 25.4 Å². The van der Waals surface area contributed by atoms with Crippen LogP contribution >= 0.6 is 0 Å². The van der Waals surface area contributed by atoms with Gasteiger partial charge in [0.05, 0.1) is 23.8 Å². The van der Waals surface area contributed by atoms with Crippen molar-refractivity contribution in [2.24, 2.45) is 5.73 Å². The summed E-state index contributed by atoms with van der Waals surface area (Å²) < 4.78 is 0. The molecule has 2 N–H and O–H groups in total. The van der Waals surface area contributed by atoms with E-state index in [1.165, 1.54) is 4.90 Å². The zero-order chi connectivity index (χ0) is 14.1. The third-order valence-corrected chi connectivity index (χ3v) is 3.53. The molecule has 0 spiro atoms. The van der Waals surface area contributed by atoms with Gasteiger partial charge in [-0.15, -0.1) is 0 Å². The molecule has 0 aliphatic carbocycles. The molecule has 1 saturated heterocycles. The highest BCUT2D eigenvalue weighted by molar-refractivity contribution is 6.00. The lowest BCUT2D eigenvalue weighted by molar-refractivity contribution is -0.149. The molecule has 1 aliphatic rings. The number of benzene rings is 1. The Morgan fingerprint density at radius 3 is 2.85 bits per heavy atom. The van der Waals surface area contributed by atoms with E-state index in [4.69, 9.17) is 5.73 Å². The Kier molecular flexibility index (Phi) is 3.20. The first-order valence-electron chi connectivity index (χ1n) is 6.59. The molecular formula is C15H15N3O2. The zero-order valence-corrected chi connectivity index (χ0v) is 11.0. The molecule has 102 valence electrons. The van der Waals surface area contributed by atoms with Gasteiger partial charge in [-0.1, -0.05) is 24.3 Å². The van der Waals surface area contributed by atoms with Crippen molar-refractivity contribution in [3.63, 3.8) is 0 Å². The van der Waals surface area contributed by atoms with E-state index in [1.807, 2.05) is 36.4 Å². The molecule has 3 rings (SSSR count). The smallest absolute Gasteiger partial charge is 0.246 e. The van der Waals surface area contributed by atoms with E-state index in [0.717, 1.165) is 10.9 Å². The van der Waals surface area contributed by atoms with Crippen molar-refractivity contribution in [1.82, 2.24) is 9.88 Å². The fraction of sp³-hybridized carbons (Fsp3) is 0.267. The Morgan fingerprint density at radius 1 is 1.20 bits per heavy atom. The normalized spacial score (nSPS) is 19.6. The summed E-state index contributed by atoms with van der Waals surface area (Å²) in [7, 11) is 0. The van der Waals surface area contributed by atoms with Crippen LogP contribution in [-0.2, 0) is 16.1 Å². The number of para-hydroxylation sites is 1. The average Bonchev–Trinajstić information content (AvgIpc) is 2.47. The molecule has 2 aromatic rings. The second-order valence-corrected chi connectivity index (χ2v) is 4.96. The minimum atomic E-state index is -0.576. The summed E-state index contributed by atoms with van der Waals surface area (Å²) in [5, 5.41) is 1.03. The minimum absolute atomic E-state index is 0.174. The van der Waals surface area contributed by atoms with E-state index >= 15 is 0 Å². The first-order valence-corrected chi connectivity index (χ1v) is 6.59. The zero-order valence-electron chi connectivity index (χ0n) is 11.0. The number of hydrogen-bond donors (Lipinski definition) is 1. The first-order chi connectivity index (χ1) is 9.65. The number of hydrogen-bond acceptors (Lipinski definition) is 4. The fourth-order valence-corrected chi connectivity index (χ4v) is 2.38. The molecule has 1 atom stereocenters. The molecule has 2 amide bonds. The molecule has 1 aromatic heterocycles. The van der Waals surface area contributed by atoms with E-state index in [1.54, 1.807) is 0 Å². The number of likely N-dealkylation sites (tertiary alicyclic amines) is 1. The number of carbonyl (C=O) groups excluding carboxylic acids is 2. The van der Waals surface area contributed by atoms with Crippen LogP contribution < -0.4 is 5.73 Å². The van der Waals surface area contributed by atoms with Crippen LogP contribution in [0.5, 0.6) is 0 Å².